The zero-order chi connectivity index (χ0) is 23.8. The van der Waals surface area contributed by atoms with Gasteiger partial charge >= 0.3 is 0 Å². The summed E-state index contributed by atoms with van der Waals surface area (Å²) in [7, 11) is 3.08. The molecule has 0 bridgehead atoms. The van der Waals surface area contributed by atoms with Crippen LogP contribution in [0.4, 0.5) is 0 Å². The van der Waals surface area contributed by atoms with Crippen molar-refractivity contribution in [2.24, 2.45) is 0 Å². The van der Waals surface area contributed by atoms with Crippen molar-refractivity contribution in [3.63, 3.8) is 0 Å². The van der Waals surface area contributed by atoms with Crippen molar-refractivity contribution >= 4 is 17.4 Å². The van der Waals surface area contributed by atoms with Crippen LogP contribution in [0.15, 0.2) is 42.0 Å². The van der Waals surface area contributed by atoms with Crippen LogP contribution in [0.25, 0.3) is 5.76 Å². The van der Waals surface area contributed by atoms with Crippen LogP contribution < -0.4 is 18.9 Å². The number of ketones is 1. The smallest absolute Gasteiger partial charge is 0.295 e. The van der Waals surface area contributed by atoms with Crippen LogP contribution in [0.2, 0.25) is 0 Å². The third-order valence-electron chi connectivity index (χ3n) is 6.74. The molecule has 0 aromatic heterocycles. The van der Waals surface area contributed by atoms with E-state index >= 15 is 0 Å². The van der Waals surface area contributed by atoms with Crippen LogP contribution in [0, 0.1) is 0 Å². The lowest BCUT2D eigenvalue weighted by molar-refractivity contribution is -0.141. The summed E-state index contributed by atoms with van der Waals surface area (Å²) < 4.78 is 22.0. The van der Waals surface area contributed by atoms with Crippen molar-refractivity contribution in [3.8, 4) is 23.0 Å². The third-order valence-corrected chi connectivity index (χ3v) is 6.74. The van der Waals surface area contributed by atoms with Gasteiger partial charge in [0.15, 0.2) is 23.0 Å². The predicted molar refractivity (Wildman–Crippen MR) is 123 cm³/mol. The van der Waals surface area contributed by atoms with Crippen LogP contribution in [0.3, 0.4) is 0 Å². The van der Waals surface area contributed by atoms with Crippen LogP contribution in [0.5, 0.6) is 23.0 Å². The Morgan fingerprint density at radius 2 is 1.65 bits per heavy atom. The Labute approximate surface area is 197 Å². The summed E-state index contributed by atoms with van der Waals surface area (Å²) in [6.45, 7) is 0.846. The van der Waals surface area contributed by atoms with Gasteiger partial charge in [-0.05, 0) is 48.7 Å². The highest BCUT2D eigenvalue weighted by molar-refractivity contribution is 6.46. The second-order valence-corrected chi connectivity index (χ2v) is 8.62. The van der Waals surface area contributed by atoms with Crippen molar-refractivity contribution in [2.45, 2.75) is 37.8 Å². The van der Waals surface area contributed by atoms with Crippen molar-refractivity contribution < 1.29 is 33.6 Å². The topological polar surface area (TPSA) is 94.5 Å². The summed E-state index contributed by atoms with van der Waals surface area (Å²) in [5.74, 6) is 0.557. The van der Waals surface area contributed by atoms with E-state index in [1.807, 2.05) is 0 Å². The summed E-state index contributed by atoms with van der Waals surface area (Å²) in [4.78, 5) is 28.2. The maximum absolute atomic E-state index is 13.3. The molecule has 1 N–H and O–H groups in total. The number of rotatable bonds is 5. The number of methoxy groups -OCH3 is 2. The number of fused-ring (bicyclic) bond motifs is 1. The number of ether oxygens (including phenoxy) is 4. The molecule has 2 heterocycles. The molecule has 2 aromatic rings. The first kappa shape index (κ1) is 22.1. The molecule has 8 nitrogen and oxygen atoms in total. The molecule has 178 valence electrons. The van der Waals surface area contributed by atoms with Crippen molar-refractivity contribution in [1.29, 1.82) is 0 Å². The molecule has 0 spiro atoms. The number of benzene rings is 2. The van der Waals surface area contributed by atoms with Gasteiger partial charge in [-0.25, -0.2) is 0 Å². The number of amides is 1. The fourth-order valence-corrected chi connectivity index (χ4v) is 5.11. The van der Waals surface area contributed by atoms with E-state index in [9.17, 15) is 14.7 Å². The SMILES string of the molecule is COc1ccc(C2/C(=C(\O)c3ccc4c(c3)OCCO4)C(=O)C(=O)N2C2CCCC2)cc1OC. The largest absolute Gasteiger partial charge is 0.507 e. The molecule has 1 amide bonds. The zero-order valence-electron chi connectivity index (χ0n) is 19.2. The first-order chi connectivity index (χ1) is 16.5. The molecular formula is C26H27NO7. The molecule has 2 fully saturated rings. The minimum Gasteiger partial charge on any atom is -0.507 e. The van der Waals surface area contributed by atoms with E-state index in [2.05, 4.69) is 0 Å². The molecule has 0 radical (unpaired) electrons. The van der Waals surface area contributed by atoms with Crippen LogP contribution >= 0.6 is 0 Å². The highest BCUT2D eigenvalue weighted by Gasteiger charge is 2.49. The number of aliphatic hydroxyl groups is 1. The number of carbonyl (C=O) groups is 2. The molecule has 34 heavy (non-hydrogen) atoms. The Bertz CT molecular complexity index is 1170. The predicted octanol–water partition coefficient (Wildman–Crippen LogP) is 3.84. The number of aliphatic hydroxyl groups excluding tert-OH is 1. The minimum atomic E-state index is -0.740. The fraction of sp³-hybridized carbons (Fsp3) is 0.385. The van der Waals surface area contributed by atoms with Crippen molar-refractivity contribution in [3.05, 3.63) is 53.1 Å². The molecule has 1 saturated carbocycles. The Balaban J connectivity index is 1.66. The van der Waals surface area contributed by atoms with Gasteiger partial charge in [-0.3, -0.25) is 9.59 Å². The van der Waals surface area contributed by atoms with E-state index in [4.69, 9.17) is 18.9 Å². The zero-order valence-corrected chi connectivity index (χ0v) is 19.2. The lowest BCUT2D eigenvalue weighted by atomic mass is 9.94. The molecule has 5 rings (SSSR count). The Hall–Kier alpha value is -3.68. The average Bonchev–Trinajstić information content (AvgIpc) is 3.49. The van der Waals surface area contributed by atoms with Gasteiger partial charge in [0.25, 0.3) is 11.7 Å². The summed E-state index contributed by atoms with van der Waals surface area (Å²) in [5.41, 5.74) is 1.11. The lowest BCUT2D eigenvalue weighted by Crippen LogP contribution is -2.37. The first-order valence-corrected chi connectivity index (χ1v) is 11.5. The standard InChI is InChI=1S/C26H27NO7/c1-31-18-9-7-15(13-20(18)32-2)23-22(25(29)26(30)27(23)17-5-3-4-6-17)24(28)16-8-10-19-21(14-16)34-12-11-33-19/h7-10,13-14,17,23,28H,3-6,11-12H2,1-2H3/b24-22+. The first-order valence-electron chi connectivity index (χ1n) is 11.5. The minimum absolute atomic E-state index is 0.0563. The van der Waals surface area contributed by atoms with Gasteiger partial charge < -0.3 is 29.0 Å². The summed E-state index contributed by atoms with van der Waals surface area (Å²) in [5, 5.41) is 11.4. The molecule has 2 aliphatic heterocycles. The average molecular weight is 466 g/mol. The van der Waals surface area contributed by atoms with Gasteiger partial charge in [0.1, 0.15) is 19.0 Å². The Morgan fingerprint density at radius 3 is 2.35 bits per heavy atom. The number of carbonyl (C=O) groups excluding carboxylic acids is 2. The molecule has 1 aliphatic carbocycles. The number of Topliss-reactive ketones (excluding diaryl/α,β-unsaturated/α-hetero) is 1. The number of hydrogen-bond donors (Lipinski definition) is 1. The number of hydrogen-bond acceptors (Lipinski definition) is 7. The van der Waals surface area contributed by atoms with Crippen LogP contribution in [0.1, 0.15) is 42.9 Å². The molecule has 2 aromatic carbocycles. The van der Waals surface area contributed by atoms with Gasteiger partial charge in [0.05, 0.1) is 25.8 Å². The molecular weight excluding hydrogens is 438 g/mol. The third kappa shape index (κ3) is 3.63. The molecule has 3 aliphatic rings. The fourth-order valence-electron chi connectivity index (χ4n) is 5.11. The lowest BCUT2D eigenvalue weighted by Gasteiger charge is -2.31. The quantitative estimate of drug-likeness (QED) is 0.407. The monoisotopic (exact) mass is 465 g/mol. The van der Waals surface area contributed by atoms with Gasteiger partial charge in [-0.15, -0.1) is 0 Å². The van der Waals surface area contributed by atoms with Gasteiger partial charge in [0, 0.05) is 11.6 Å². The van der Waals surface area contributed by atoms with E-state index in [-0.39, 0.29) is 17.4 Å². The van der Waals surface area contributed by atoms with Crippen molar-refractivity contribution in [2.75, 3.05) is 27.4 Å². The van der Waals surface area contributed by atoms with E-state index in [0.29, 0.717) is 47.3 Å². The summed E-state index contributed by atoms with van der Waals surface area (Å²) in [6.07, 6.45) is 3.63. The maximum Gasteiger partial charge on any atom is 0.295 e. The molecule has 1 saturated heterocycles. The second kappa shape index (κ2) is 8.93. The molecule has 8 heteroatoms. The summed E-state index contributed by atoms with van der Waals surface area (Å²) in [6, 6.07) is 9.49. The van der Waals surface area contributed by atoms with E-state index in [1.165, 1.54) is 7.11 Å². The van der Waals surface area contributed by atoms with Crippen LogP contribution in [-0.2, 0) is 9.59 Å². The van der Waals surface area contributed by atoms with Gasteiger partial charge in [0.2, 0.25) is 0 Å². The Morgan fingerprint density at radius 1 is 0.941 bits per heavy atom. The van der Waals surface area contributed by atoms with Crippen molar-refractivity contribution in [1.82, 2.24) is 4.90 Å². The number of nitrogens with zero attached hydrogens (tertiary/aromatic N) is 1. The van der Waals surface area contributed by atoms with E-state index in [1.54, 1.807) is 48.4 Å². The normalized spacial score (nSPS) is 21.7. The van der Waals surface area contributed by atoms with E-state index in [0.717, 1.165) is 25.7 Å². The maximum atomic E-state index is 13.3. The Kier molecular flexibility index (Phi) is 5.81. The van der Waals surface area contributed by atoms with Crippen LogP contribution in [-0.4, -0.2) is 55.2 Å². The molecule has 1 unspecified atom stereocenters. The second-order valence-electron chi connectivity index (χ2n) is 8.62. The number of likely N-dealkylation sites (tertiary alicyclic amines) is 1. The molecule has 1 atom stereocenters. The highest BCUT2D eigenvalue weighted by atomic mass is 16.6. The highest BCUT2D eigenvalue weighted by Crippen LogP contribution is 2.45. The van der Waals surface area contributed by atoms with Gasteiger partial charge in [-0.1, -0.05) is 18.9 Å². The summed E-state index contributed by atoms with van der Waals surface area (Å²) >= 11 is 0. The van der Waals surface area contributed by atoms with Gasteiger partial charge in [-0.2, -0.15) is 0 Å². The van der Waals surface area contributed by atoms with E-state index < -0.39 is 17.7 Å².